The minimum Gasteiger partial charge on any atom is -0.143 e. The normalized spacial score (nSPS) is 9.64. The summed E-state index contributed by atoms with van der Waals surface area (Å²) in [4.78, 5) is 1.06. The van der Waals surface area contributed by atoms with Crippen LogP contribution in [0.25, 0.3) is 0 Å². The van der Waals surface area contributed by atoms with Gasteiger partial charge < -0.3 is 0 Å². The highest BCUT2D eigenvalue weighted by Gasteiger charge is 1.97. The molecule has 0 aliphatic carbocycles. The van der Waals surface area contributed by atoms with Gasteiger partial charge in [-0.3, -0.25) is 0 Å². The van der Waals surface area contributed by atoms with E-state index in [4.69, 9.17) is 0 Å². The standard InChI is InChI=1S/C10H12S/c1-3-5-9-6-4-7-10(11)8(9)2/h3-4,6-7,11H,1,5H2,2H3. The number of hydrogen-bond acceptors (Lipinski definition) is 1. The van der Waals surface area contributed by atoms with Gasteiger partial charge in [0.05, 0.1) is 0 Å². The van der Waals surface area contributed by atoms with E-state index in [0.717, 1.165) is 11.3 Å². The lowest BCUT2D eigenvalue weighted by Gasteiger charge is -2.04. The van der Waals surface area contributed by atoms with Crippen molar-refractivity contribution >= 4 is 12.6 Å². The third-order valence-corrected chi connectivity index (χ3v) is 2.27. The average molecular weight is 164 g/mol. The third-order valence-electron chi connectivity index (χ3n) is 1.78. The Kier molecular flexibility index (Phi) is 2.77. The van der Waals surface area contributed by atoms with Crippen LogP contribution in [0, 0.1) is 6.92 Å². The van der Waals surface area contributed by atoms with E-state index in [1.165, 1.54) is 11.1 Å². The van der Waals surface area contributed by atoms with E-state index < -0.39 is 0 Å². The molecule has 1 heteroatoms. The summed E-state index contributed by atoms with van der Waals surface area (Å²) in [7, 11) is 0. The van der Waals surface area contributed by atoms with Gasteiger partial charge in [0, 0.05) is 4.90 Å². The fraction of sp³-hybridized carbons (Fsp3) is 0.200. The lowest BCUT2D eigenvalue weighted by Crippen LogP contribution is -1.86. The first-order chi connectivity index (χ1) is 5.25. The molecule has 0 heterocycles. The molecule has 1 rings (SSSR count). The smallest absolute Gasteiger partial charge is 0.00720 e. The largest absolute Gasteiger partial charge is 0.143 e. The second-order valence-electron chi connectivity index (χ2n) is 2.55. The van der Waals surface area contributed by atoms with Crippen LogP contribution in [-0.4, -0.2) is 0 Å². The molecule has 0 aromatic heterocycles. The fourth-order valence-corrected chi connectivity index (χ4v) is 1.28. The average Bonchev–Trinajstić information content (AvgIpc) is 1.99. The van der Waals surface area contributed by atoms with Crippen LogP contribution >= 0.6 is 12.6 Å². The van der Waals surface area contributed by atoms with Crippen LogP contribution in [0.4, 0.5) is 0 Å². The van der Waals surface area contributed by atoms with Crippen LogP contribution in [-0.2, 0) is 6.42 Å². The summed E-state index contributed by atoms with van der Waals surface area (Å²) in [5.74, 6) is 0. The monoisotopic (exact) mass is 164 g/mol. The minimum atomic E-state index is 0.931. The lowest BCUT2D eigenvalue weighted by atomic mass is 10.1. The van der Waals surface area contributed by atoms with E-state index in [-0.39, 0.29) is 0 Å². The molecule has 0 spiro atoms. The zero-order valence-electron chi connectivity index (χ0n) is 6.67. The van der Waals surface area contributed by atoms with E-state index in [1.807, 2.05) is 18.2 Å². The van der Waals surface area contributed by atoms with Crippen molar-refractivity contribution in [3.05, 3.63) is 42.0 Å². The quantitative estimate of drug-likeness (QED) is 0.504. The van der Waals surface area contributed by atoms with Gasteiger partial charge in [-0.1, -0.05) is 18.2 Å². The molecule has 0 bridgehead atoms. The Morgan fingerprint density at radius 2 is 2.27 bits per heavy atom. The first-order valence-corrected chi connectivity index (χ1v) is 4.08. The molecule has 0 saturated carbocycles. The van der Waals surface area contributed by atoms with Gasteiger partial charge in [0.15, 0.2) is 0 Å². The Morgan fingerprint density at radius 1 is 1.55 bits per heavy atom. The molecule has 11 heavy (non-hydrogen) atoms. The highest BCUT2D eigenvalue weighted by Crippen LogP contribution is 2.17. The topological polar surface area (TPSA) is 0 Å². The Labute approximate surface area is 73.4 Å². The first kappa shape index (κ1) is 8.41. The molecular formula is C10H12S. The zero-order chi connectivity index (χ0) is 8.27. The van der Waals surface area contributed by atoms with Crippen molar-refractivity contribution in [1.29, 1.82) is 0 Å². The minimum absolute atomic E-state index is 0.931. The maximum absolute atomic E-state index is 4.33. The van der Waals surface area contributed by atoms with E-state index in [9.17, 15) is 0 Å². The SMILES string of the molecule is C=CCc1cccc(S)c1C. The van der Waals surface area contributed by atoms with Crippen LogP contribution in [0.1, 0.15) is 11.1 Å². The maximum atomic E-state index is 4.33. The first-order valence-electron chi connectivity index (χ1n) is 3.64. The lowest BCUT2D eigenvalue weighted by molar-refractivity contribution is 1.16. The molecular weight excluding hydrogens is 152 g/mol. The van der Waals surface area contributed by atoms with Crippen molar-refractivity contribution in [2.75, 3.05) is 0 Å². The number of rotatable bonds is 2. The molecule has 0 N–H and O–H groups in total. The van der Waals surface area contributed by atoms with Crippen molar-refractivity contribution in [3.8, 4) is 0 Å². The van der Waals surface area contributed by atoms with Gasteiger partial charge in [0.2, 0.25) is 0 Å². The predicted molar refractivity (Wildman–Crippen MR) is 52.3 cm³/mol. The Balaban J connectivity index is 3.05. The summed E-state index contributed by atoms with van der Waals surface area (Å²) < 4.78 is 0. The second kappa shape index (κ2) is 3.63. The molecule has 0 aliphatic rings. The van der Waals surface area contributed by atoms with Crippen molar-refractivity contribution in [2.24, 2.45) is 0 Å². The molecule has 0 radical (unpaired) electrons. The number of hydrogen-bond donors (Lipinski definition) is 1. The molecule has 0 amide bonds. The highest BCUT2D eigenvalue weighted by atomic mass is 32.1. The number of allylic oxidation sites excluding steroid dienone is 1. The fourth-order valence-electron chi connectivity index (χ4n) is 1.05. The van der Waals surface area contributed by atoms with Crippen LogP contribution in [0.2, 0.25) is 0 Å². The Morgan fingerprint density at radius 3 is 2.91 bits per heavy atom. The molecule has 1 aromatic rings. The second-order valence-corrected chi connectivity index (χ2v) is 3.04. The molecule has 0 fully saturated rings. The van der Waals surface area contributed by atoms with Gasteiger partial charge in [-0.25, -0.2) is 0 Å². The van der Waals surface area contributed by atoms with E-state index in [0.29, 0.717) is 0 Å². The summed E-state index contributed by atoms with van der Waals surface area (Å²) in [6.45, 7) is 5.79. The van der Waals surface area contributed by atoms with E-state index in [2.05, 4.69) is 32.2 Å². The van der Waals surface area contributed by atoms with Gasteiger partial charge in [0.1, 0.15) is 0 Å². The molecule has 58 valence electrons. The number of benzene rings is 1. The summed E-state index contributed by atoms with van der Waals surface area (Å²) >= 11 is 4.33. The van der Waals surface area contributed by atoms with Crippen LogP contribution in [0.5, 0.6) is 0 Å². The molecule has 0 saturated heterocycles. The maximum Gasteiger partial charge on any atom is 0.00720 e. The van der Waals surface area contributed by atoms with Gasteiger partial charge in [0.25, 0.3) is 0 Å². The third kappa shape index (κ3) is 1.87. The van der Waals surface area contributed by atoms with Gasteiger partial charge >= 0.3 is 0 Å². The van der Waals surface area contributed by atoms with Crippen molar-refractivity contribution in [1.82, 2.24) is 0 Å². The molecule has 0 aliphatic heterocycles. The summed E-state index contributed by atoms with van der Waals surface area (Å²) in [5.41, 5.74) is 2.57. The van der Waals surface area contributed by atoms with Gasteiger partial charge in [-0.15, -0.1) is 19.2 Å². The van der Waals surface area contributed by atoms with Gasteiger partial charge in [-0.2, -0.15) is 0 Å². The van der Waals surface area contributed by atoms with Crippen molar-refractivity contribution in [2.45, 2.75) is 18.2 Å². The van der Waals surface area contributed by atoms with E-state index in [1.54, 1.807) is 0 Å². The zero-order valence-corrected chi connectivity index (χ0v) is 7.57. The molecule has 0 unspecified atom stereocenters. The number of thiol groups is 1. The van der Waals surface area contributed by atoms with Crippen LogP contribution < -0.4 is 0 Å². The Bertz CT molecular complexity index is 264. The predicted octanol–water partition coefficient (Wildman–Crippen LogP) is 3.01. The molecule has 1 aromatic carbocycles. The van der Waals surface area contributed by atoms with Crippen molar-refractivity contribution < 1.29 is 0 Å². The van der Waals surface area contributed by atoms with Crippen LogP contribution in [0.15, 0.2) is 35.7 Å². The Hall–Kier alpha value is -0.690. The summed E-state index contributed by atoms with van der Waals surface area (Å²) in [6.07, 6.45) is 2.84. The van der Waals surface area contributed by atoms with Crippen LogP contribution in [0.3, 0.4) is 0 Å². The summed E-state index contributed by atoms with van der Waals surface area (Å²) in [6, 6.07) is 6.13. The highest BCUT2D eigenvalue weighted by molar-refractivity contribution is 7.80. The summed E-state index contributed by atoms with van der Waals surface area (Å²) in [5, 5.41) is 0. The van der Waals surface area contributed by atoms with Crippen molar-refractivity contribution in [3.63, 3.8) is 0 Å². The van der Waals surface area contributed by atoms with E-state index >= 15 is 0 Å². The molecule has 0 atom stereocenters. The van der Waals surface area contributed by atoms with Gasteiger partial charge in [-0.05, 0) is 30.5 Å². The molecule has 0 nitrogen and oxygen atoms in total.